The van der Waals surface area contributed by atoms with Gasteiger partial charge in [0.15, 0.2) is 11.6 Å². The smallest absolute Gasteiger partial charge is 0.224 e. The molecule has 0 aliphatic carbocycles. The average molecular weight is 333 g/mol. The summed E-state index contributed by atoms with van der Waals surface area (Å²) in [5, 5.41) is 6.29. The van der Waals surface area contributed by atoms with E-state index in [-0.39, 0.29) is 36.2 Å². The van der Waals surface area contributed by atoms with Gasteiger partial charge in [0.1, 0.15) is 0 Å². The molecule has 124 valence electrons. The van der Waals surface area contributed by atoms with E-state index >= 15 is 0 Å². The predicted octanol–water partition coefficient (Wildman–Crippen LogP) is 2.82. The number of rotatable bonds is 4. The van der Waals surface area contributed by atoms with Gasteiger partial charge in [-0.05, 0) is 42.5 Å². The summed E-state index contributed by atoms with van der Waals surface area (Å²) in [4.78, 5) is 11.9. The van der Waals surface area contributed by atoms with Gasteiger partial charge in [-0.25, -0.2) is 8.78 Å². The van der Waals surface area contributed by atoms with E-state index in [9.17, 15) is 13.6 Å². The summed E-state index contributed by atoms with van der Waals surface area (Å²) in [6.07, 6.45) is 2.33. The number of benzene rings is 1. The van der Waals surface area contributed by atoms with Gasteiger partial charge in [0.25, 0.3) is 0 Å². The number of hydrogen-bond acceptors (Lipinski definition) is 2. The molecule has 1 unspecified atom stereocenters. The highest BCUT2D eigenvalue weighted by atomic mass is 35.5. The molecule has 0 aromatic heterocycles. The maximum absolute atomic E-state index is 13.1. The van der Waals surface area contributed by atoms with Crippen LogP contribution in [0.1, 0.15) is 32.3 Å². The number of carbonyl (C=O) groups excluding carboxylic acids is 1. The summed E-state index contributed by atoms with van der Waals surface area (Å²) in [6.45, 7) is 5.89. The molecule has 1 aliphatic heterocycles. The van der Waals surface area contributed by atoms with Gasteiger partial charge in [-0.3, -0.25) is 4.79 Å². The lowest BCUT2D eigenvalue weighted by atomic mass is 9.77. The fourth-order valence-electron chi connectivity index (χ4n) is 2.73. The minimum atomic E-state index is -0.921. The summed E-state index contributed by atoms with van der Waals surface area (Å²) < 4.78 is 25.9. The number of carbonyl (C=O) groups is 1. The highest BCUT2D eigenvalue weighted by Gasteiger charge is 2.31. The molecule has 1 heterocycles. The van der Waals surface area contributed by atoms with Crippen molar-refractivity contribution in [3.63, 3.8) is 0 Å². The molecule has 1 saturated heterocycles. The van der Waals surface area contributed by atoms with Crippen molar-refractivity contribution in [2.45, 2.75) is 39.2 Å². The molecule has 0 saturated carbocycles. The zero-order chi connectivity index (χ0) is 15.5. The summed E-state index contributed by atoms with van der Waals surface area (Å²) in [7, 11) is 0. The minimum absolute atomic E-state index is 0. The topological polar surface area (TPSA) is 41.1 Å². The maximum Gasteiger partial charge on any atom is 0.224 e. The number of hydrogen-bond donors (Lipinski definition) is 2. The molecule has 1 aliphatic rings. The first-order chi connectivity index (χ1) is 9.88. The third-order valence-electron chi connectivity index (χ3n) is 4.18. The Hall–Kier alpha value is -1.20. The Morgan fingerprint density at radius 1 is 1.36 bits per heavy atom. The van der Waals surface area contributed by atoms with E-state index in [0.29, 0.717) is 12.1 Å². The molecule has 1 aromatic carbocycles. The second-order valence-corrected chi connectivity index (χ2v) is 6.33. The first-order valence-electron chi connectivity index (χ1n) is 7.32. The van der Waals surface area contributed by atoms with Crippen LogP contribution in [0.3, 0.4) is 0 Å². The van der Waals surface area contributed by atoms with Crippen LogP contribution in [0.25, 0.3) is 0 Å². The molecule has 1 atom stereocenters. The van der Waals surface area contributed by atoms with Crippen LogP contribution in [-0.2, 0) is 11.2 Å². The molecule has 3 nitrogen and oxygen atoms in total. The van der Waals surface area contributed by atoms with Gasteiger partial charge in [-0.1, -0.05) is 19.9 Å². The van der Waals surface area contributed by atoms with Crippen LogP contribution in [0.5, 0.6) is 0 Å². The molecule has 6 heteroatoms. The van der Waals surface area contributed by atoms with Gasteiger partial charge in [-0.2, -0.15) is 0 Å². The molecule has 1 fully saturated rings. The van der Waals surface area contributed by atoms with Crippen LogP contribution in [0.4, 0.5) is 8.78 Å². The van der Waals surface area contributed by atoms with Crippen molar-refractivity contribution in [1.29, 1.82) is 0 Å². The molecular formula is C16H23ClF2N2O. The van der Waals surface area contributed by atoms with Gasteiger partial charge in [-0.15, -0.1) is 12.4 Å². The van der Waals surface area contributed by atoms with Gasteiger partial charge in [0, 0.05) is 12.6 Å². The van der Waals surface area contributed by atoms with Gasteiger partial charge in [0.2, 0.25) is 5.91 Å². The fourth-order valence-corrected chi connectivity index (χ4v) is 2.73. The largest absolute Gasteiger partial charge is 0.354 e. The first kappa shape index (κ1) is 18.8. The van der Waals surface area contributed by atoms with E-state index in [1.807, 2.05) is 0 Å². The summed E-state index contributed by atoms with van der Waals surface area (Å²) in [5.74, 6) is -1.99. The standard InChI is InChI=1S/C16H22F2N2O.ClH/c1-16(2)6-3-7-19-14(16)10-20-15(21)9-11-4-5-12(17)13(18)8-11;/h4-5,8,14,19H,3,6-7,9-10H2,1-2H3,(H,20,21);1H. The van der Waals surface area contributed by atoms with Crippen molar-refractivity contribution in [2.24, 2.45) is 5.41 Å². The Kier molecular flexibility index (Phi) is 6.75. The quantitative estimate of drug-likeness (QED) is 0.890. The second-order valence-electron chi connectivity index (χ2n) is 6.33. The van der Waals surface area contributed by atoms with Crippen LogP contribution in [0.2, 0.25) is 0 Å². The first-order valence-corrected chi connectivity index (χ1v) is 7.32. The van der Waals surface area contributed by atoms with Gasteiger partial charge in [0.05, 0.1) is 6.42 Å². The highest BCUT2D eigenvalue weighted by molar-refractivity contribution is 5.85. The molecule has 1 amide bonds. The van der Waals surface area contributed by atoms with Gasteiger partial charge >= 0.3 is 0 Å². The molecule has 0 spiro atoms. The predicted molar refractivity (Wildman–Crippen MR) is 85.1 cm³/mol. The van der Waals surface area contributed by atoms with Crippen LogP contribution in [0.15, 0.2) is 18.2 Å². The Labute approximate surface area is 136 Å². The maximum atomic E-state index is 13.1. The Morgan fingerprint density at radius 3 is 2.73 bits per heavy atom. The van der Waals surface area contributed by atoms with E-state index in [1.54, 1.807) is 0 Å². The fraction of sp³-hybridized carbons (Fsp3) is 0.562. The minimum Gasteiger partial charge on any atom is -0.354 e. The Bertz CT molecular complexity index is 523. The summed E-state index contributed by atoms with van der Waals surface area (Å²) >= 11 is 0. The van der Waals surface area contributed by atoms with Crippen molar-refractivity contribution in [1.82, 2.24) is 10.6 Å². The number of piperidine rings is 1. The lowest BCUT2D eigenvalue weighted by Gasteiger charge is -2.39. The lowest BCUT2D eigenvalue weighted by molar-refractivity contribution is -0.120. The zero-order valence-corrected chi connectivity index (χ0v) is 13.7. The van der Waals surface area contributed by atoms with Crippen molar-refractivity contribution in [3.05, 3.63) is 35.4 Å². The normalized spacial score (nSPS) is 20.1. The van der Waals surface area contributed by atoms with Crippen LogP contribution in [0, 0.1) is 17.0 Å². The molecule has 2 rings (SSSR count). The SMILES string of the molecule is CC1(C)CCCNC1CNC(=O)Cc1ccc(F)c(F)c1.Cl. The van der Waals surface area contributed by atoms with E-state index in [0.717, 1.165) is 31.5 Å². The number of nitrogens with one attached hydrogen (secondary N) is 2. The number of amides is 1. The van der Waals surface area contributed by atoms with E-state index in [1.165, 1.54) is 6.07 Å². The average Bonchev–Trinajstić information content (AvgIpc) is 2.41. The van der Waals surface area contributed by atoms with E-state index in [2.05, 4.69) is 24.5 Å². The molecule has 0 bridgehead atoms. The third-order valence-corrected chi connectivity index (χ3v) is 4.18. The Balaban J connectivity index is 0.00000242. The third kappa shape index (κ3) is 4.92. The Morgan fingerprint density at radius 2 is 2.09 bits per heavy atom. The van der Waals surface area contributed by atoms with Crippen molar-refractivity contribution in [2.75, 3.05) is 13.1 Å². The molecule has 1 aromatic rings. The van der Waals surface area contributed by atoms with Crippen LogP contribution in [-0.4, -0.2) is 25.0 Å². The van der Waals surface area contributed by atoms with Gasteiger partial charge < -0.3 is 10.6 Å². The molecule has 2 N–H and O–H groups in total. The van der Waals surface area contributed by atoms with E-state index < -0.39 is 11.6 Å². The summed E-state index contributed by atoms with van der Waals surface area (Å²) in [5.41, 5.74) is 0.621. The monoisotopic (exact) mass is 332 g/mol. The molecule has 22 heavy (non-hydrogen) atoms. The number of halogens is 3. The molecule has 0 radical (unpaired) electrons. The molecular weight excluding hydrogens is 310 g/mol. The van der Waals surface area contributed by atoms with E-state index in [4.69, 9.17) is 0 Å². The van der Waals surface area contributed by atoms with Crippen LogP contribution >= 0.6 is 12.4 Å². The lowest BCUT2D eigenvalue weighted by Crippen LogP contribution is -2.53. The van der Waals surface area contributed by atoms with Crippen LogP contribution < -0.4 is 10.6 Å². The highest BCUT2D eigenvalue weighted by Crippen LogP contribution is 2.29. The zero-order valence-electron chi connectivity index (χ0n) is 12.9. The van der Waals surface area contributed by atoms with Crippen molar-refractivity contribution in [3.8, 4) is 0 Å². The summed E-state index contributed by atoms with van der Waals surface area (Å²) in [6, 6.07) is 3.78. The van der Waals surface area contributed by atoms with Crippen molar-refractivity contribution >= 4 is 18.3 Å². The van der Waals surface area contributed by atoms with Crippen molar-refractivity contribution < 1.29 is 13.6 Å². The second kappa shape index (κ2) is 7.88.